The molecule has 21 heavy (non-hydrogen) atoms. The molecule has 0 saturated carbocycles. The fourth-order valence-electron chi connectivity index (χ4n) is 2.38. The second-order valence-electron chi connectivity index (χ2n) is 5.34. The number of likely N-dealkylation sites (N-methyl/N-ethyl adjacent to an activating group) is 1. The van der Waals surface area contributed by atoms with Crippen LogP contribution in [-0.2, 0) is 9.59 Å². The lowest BCUT2D eigenvalue weighted by atomic mass is 10.1. The van der Waals surface area contributed by atoms with Gasteiger partial charge in [-0.1, -0.05) is 18.2 Å². The van der Waals surface area contributed by atoms with Crippen molar-refractivity contribution in [2.75, 3.05) is 45.6 Å². The molecule has 2 rings (SSSR count). The minimum absolute atomic E-state index is 0.0229. The van der Waals surface area contributed by atoms with Gasteiger partial charge in [0.1, 0.15) is 6.04 Å². The standard InChI is InChI=1S/C15H22N4O2/c1-18(2)15(21)13-10-16-8-9-19(13)11-14(20)17-12-6-4-3-5-7-12/h3-7,13,16H,8-11H2,1-2H3,(H,17,20). The number of hydrogen-bond donors (Lipinski definition) is 2. The third-order valence-electron chi connectivity index (χ3n) is 3.48. The van der Waals surface area contributed by atoms with Gasteiger partial charge in [-0.25, -0.2) is 0 Å². The maximum Gasteiger partial charge on any atom is 0.240 e. The van der Waals surface area contributed by atoms with Crippen molar-refractivity contribution in [3.63, 3.8) is 0 Å². The Bertz CT molecular complexity index is 490. The second kappa shape index (κ2) is 7.19. The van der Waals surface area contributed by atoms with Gasteiger partial charge in [0.25, 0.3) is 0 Å². The van der Waals surface area contributed by atoms with Crippen molar-refractivity contribution in [1.82, 2.24) is 15.1 Å². The zero-order chi connectivity index (χ0) is 15.2. The number of rotatable bonds is 4. The molecule has 0 spiro atoms. The lowest BCUT2D eigenvalue weighted by molar-refractivity contribution is -0.135. The van der Waals surface area contributed by atoms with Crippen molar-refractivity contribution in [3.8, 4) is 0 Å². The molecule has 0 aromatic heterocycles. The van der Waals surface area contributed by atoms with E-state index in [1.807, 2.05) is 35.2 Å². The minimum Gasteiger partial charge on any atom is -0.347 e. The first-order valence-electron chi connectivity index (χ1n) is 7.09. The monoisotopic (exact) mass is 290 g/mol. The molecule has 1 fully saturated rings. The number of anilines is 1. The number of nitrogens with zero attached hydrogens (tertiary/aromatic N) is 2. The molecule has 1 aromatic carbocycles. The van der Waals surface area contributed by atoms with E-state index in [1.54, 1.807) is 19.0 Å². The Kier molecular flexibility index (Phi) is 5.30. The Hall–Kier alpha value is -1.92. The lowest BCUT2D eigenvalue weighted by Gasteiger charge is -2.35. The molecule has 114 valence electrons. The van der Waals surface area contributed by atoms with Crippen molar-refractivity contribution in [2.45, 2.75) is 6.04 Å². The van der Waals surface area contributed by atoms with Crippen molar-refractivity contribution < 1.29 is 9.59 Å². The quantitative estimate of drug-likeness (QED) is 0.818. The van der Waals surface area contributed by atoms with Crippen LogP contribution in [0.4, 0.5) is 5.69 Å². The molecule has 0 aliphatic carbocycles. The van der Waals surface area contributed by atoms with E-state index in [2.05, 4.69) is 10.6 Å². The van der Waals surface area contributed by atoms with E-state index < -0.39 is 0 Å². The van der Waals surface area contributed by atoms with Gasteiger partial charge >= 0.3 is 0 Å². The average Bonchev–Trinajstić information content (AvgIpc) is 2.48. The van der Waals surface area contributed by atoms with Gasteiger partial charge in [-0.05, 0) is 12.1 Å². The van der Waals surface area contributed by atoms with Gasteiger partial charge in [0.2, 0.25) is 11.8 Å². The molecule has 0 bridgehead atoms. The number of amides is 2. The maximum atomic E-state index is 12.2. The SMILES string of the molecule is CN(C)C(=O)C1CNCCN1CC(=O)Nc1ccccc1. The molecule has 0 radical (unpaired) electrons. The summed E-state index contributed by atoms with van der Waals surface area (Å²) in [6.45, 7) is 2.28. The predicted octanol–water partition coefficient (Wildman–Crippen LogP) is -0.0129. The molecule has 1 atom stereocenters. The molecule has 6 nitrogen and oxygen atoms in total. The Morgan fingerprint density at radius 3 is 2.71 bits per heavy atom. The molecule has 1 saturated heterocycles. The second-order valence-corrected chi connectivity index (χ2v) is 5.34. The van der Waals surface area contributed by atoms with Gasteiger partial charge in [-0.2, -0.15) is 0 Å². The Morgan fingerprint density at radius 2 is 2.05 bits per heavy atom. The van der Waals surface area contributed by atoms with E-state index in [0.717, 1.165) is 12.2 Å². The topological polar surface area (TPSA) is 64.7 Å². The largest absolute Gasteiger partial charge is 0.347 e. The van der Waals surface area contributed by atoms with Gasteiger partial charge in [-0.15, -0.1) is 0 Å². The first kappa shape index (κ1) is 15.5. The van der Waals surface area contributed by atoms with E-state index in [9.17, 15) is 9.59 Å². The van der Waals surface area contributed by atoms with Gasteiger partial charge in [0, 0.05) is 39.4 Å². The number of carbonyl (C=O) groups is 2. The summed E-state index contributed by atoms with van der Waals surface area (Å²) in [4.78, 5) is 27.8. The van der Waals surface area contributed by atoms with Crippen LogP contribution in [-0.4, -0.2) is 67.9 Å². The highest BCUT2D eigenvalue weighted by molar-refractivity contribution is 5.92. The van der Waals surface area contributed by atoms with Crippen molar-refractivity contribution >= 4 is 17.5 Å². The molecule has 1 aliphatic rings. The van der Waals surface area contributed by atoms with E-state index in [4.69, 9.17) is 0 Å². The van der Waals surface area contributed by atoms with Crippen LogP contribution in [0.3, 0.4) is 0 Å². The van der Waals surface area contributed by atoms with E-state index in [-0.39, 0.29) is 24.4 Å². The van der Waals surface area contributed by atoms with E-state index in [1.165, 1.54) is 0 Å². The number of benzene rings is 1. The predicted molar refractivity (Wildman–Crippen MR) is 82.0 cm³/mol. The summed E-state index contributed by atoms with van der Waals surface area (Å²) in [5.74, 6) is -0.0747. The van der Waals surface area contributed by atoms with Crippen LogP contribution in [0.1, 0.15) is 0 Å². The highest BCUT2D eigenvalue weighted by Gasteiger charge is 2.30. The van der Waals surface area contributed by atoms with E-state index in [0.29, 0.717) is 13.1 Å². The summed E-state index contributed by atoms with van der Waals surface area (Å²) < 4.78 is 0. The van der Waals surface area contributed by atoms with E-state index >= 15 is 0 Å². The number of nitrogens with one attached hydrogen (secondary N) is 2. The summed E-state index contributed by atoms with van der Waals surface area (Å²) in [7, 11) is 3.47. The third kappa shape index (κ3) is 4.27. The molecule has 1 unspecified atom stereocenters. The Morgan fingerprint density at radius 1 is 1.33 bits per heavy atom. The fourth-order valence-corrected chi connectivity index (χ4v) is 2.38. The van der Waals surface area contributed by atoms with Crippen LogP contribution in [0.25, 0.3) is 0 Å². The molecular formula is C15H22N4O2. The molecule has 2 amide bonds. The van der Waals surface area contributed by atoms with Gasteiger partial charge in [-0.3, -0.25) is 14.5 Å². The summed E-state index contributed by atoms with van der Waals surface area (Å²) in [6, 6.07) is 9.06. The number of carbonyl (C=O) groups excluding carboxylic acids is 2. The first-order valence-corrected chi connectivity index (χ1v) is 7.09. The van der Waals surface area contributed by atoms with Crippen LogP contribution in [0, 0.1) is 0 Å². The lowest BCUT2D eigenvalue weighted by Crippen LogP contribution is -2.58. The molecule has 1 heterocycles. The van der Waals surface area contributed by atoms with Crippen LogP contribution in [0.15, 0.2) is 30.3 Å². The molecule has 1 aliphatic heterocycles. The minimum atomic E-state index is -0.282. The summed E-state index contributed by atoms with van der Waals surface area (Å²) in [5, 5.41) is 6.05. The van der Waals surface area contributed by atoms with Crippen LogP contribution >= 0.6 is 0 Å². The normalized spacial score (nSPS) is 19.0. The maximum absolute atomic E-state index is 12.2. The van der Waals surface area contributed by atoms with Gasteiger partial charge < -0.3 is 15.5 Å². The molecule has 1 aromatic rings. The summed E-state index contributed by atoms with van der Waals surface area (Å²) >= 11 is 0. The zero-order valence-electron chi connectivity index (χ0n) is 12.5. The average molecular weight is 290 g/mol. The van der Waals surface area contributed by atoms with Gasteiger partial charge in [0.05, 0.1) is 6.54 Å². The summed E-state index contributed by atoms with van der Waals surface area (Å²) in [5.41, 5.74) is 0.771. The van der Waals surface area contributed by atoms with Crippen molar-refractivity contribution in [1.29, 1.82) is 0 Å². The molecular weight excluding hydrogens is 268 g/mol. The Labute approximate surface area is 125 Å². The van der Waals surface area contributed by atoms with Crippen LogP contribution in [0.5, 0.6) is 0 Å². The Balaban J connectivity index is 1.95. The van der Waals surface area contributed by atoms with Crippen molar-refractivity contribution in [3.05, 3.63) is 30.3 Å². The first-order chi connectivity index (χ1) is 10.1. The molecule has 6 heteroatoms. The summed E-state index contributed by atoms with van der Waals surface area (Å²) in [6.07, 6.45) is 0. The highest BCUT2D eigenvalue weighted by Crippen LogP contribution is 2.08. The van der Waals surface area contributed by atoms with Crippen LogP contribution in [0.2, 0.25) is 0 Å². The number of hydrogen-bond acceptors (Lipinski definition) is 4. The van der Waals surface area contributed by atoms with Crippen molar-refractivity contribution in [2.24, 2.45) is 0 Å². The fraction of sp³-hybridized carbons (Fsp3) is 0.467. The molecule has 2 N–H and O–H groups in total. The number of piperazine rings is 1. The van der Waals surface area contributed by atoms with Gasteiger partial charge in [0.15, 0.2) is 0 Å². The highest BCUT2D eigenvalue weighted by atomic mass is 16.2. The van der Waals surface area contributed by atoms with Crippen LogP contribution < -0.4 is 10.6 Å². The number of para-hydroxylation sites is 1. The third-order valence-corrected chi connectivity index (χ3v) is 3.48. The smallest absolute Gasteiger partial charge is 0.240 e. The zero-order valence-corrected chi connectivity index (χ0v) is 12.5.